The number of para-hydroxylation sites is 2. The van der Waals surface area contributed by atoms with Crippen molar-refractivity contribution in [2.24, 2.45) is 34.1 Å². The first-order valence-electron chi connectivity index (χ1n) is 24.8. The molecule has 2 aromatic rings. The lowest BCUT2D eigenvalue weighted by Crippen LogP contribution is -2.64. The van der Waals surface area contributed by atoms with Crippen LogP contribution in [0.15, 0.2) is 60.7 Å². The van der Waals surface area contributed by atoms with E-state index in [4.69, 9.17) is 21.7 Å². The maximum absolute atomic E-state index is 12.9. The lowest BCUT2D eigenvalue weighted by molar-refractivity contribution is -0.134. The van der Waals surface area contributed by atoms with E-state index in [-0.39, 0.29) is 83.3 Å². The van der Waals surface area contributed by atoms with E-state index in [1.54, 1.807) is 0 Å². The van der Waals surface area contributed by atoms with Gasteiger partial charge < -0.3 is 52.3 Å². The van der Waals surface area contributed by atoms with Gasteiger partial charge in [0.05, 0.1) is 25.3 Å². The van der Waals surface area contributed by atoms with Gasteiger partial charge in [-0.2, -0.15) is 0 Å². The molecule has 18 nitrogen and oxygen atoms in total. The van der Waals surface area contributed by atoms with Crippen LogP contribution in [0.2, 0.25) is 0 Å². The Hall–Kier alpha value is -5.24. The summed E-state index contributed by atoms with van der Waals surface area (Å²) in [4.78, 5) is 77.5. The molecule has 18 heteroatoms. The Morgan fingerprint density at radius 3 is 1.21 bits per heavy atom. The van der Waals surface area contributed by atoms with Crippen LogP contribution in [-0.4, -0.2) is 154 Å². The molecule has 0 spiro atoms. The minimum absolute atomic E-state index is 0.00293. The standard InChI is InChI=1S/2C25H42N4O3.C4H4O4/c2*1-17-10-8-9-11-20(17)29-16-25(6,7)28(14-22(29)31)13-19(26)21(30)12-18(2)23(32)27-15-24(3,4)5;5-3(6)1-2-4(7)8/h2*8-11,18-19,21,30H,12-16,26H2,1-7H3,(H,27,32);1-2H,(H,5,6)(H,7,8)/b;;2-1+/t2*18-,19+,21+;/m11./s1. The molecule has 2 aliphatic rings. The second-order valence-corrected chi connectivity index (χ2v) is 23.2. The molecular formula is C54H88N8O10. The first kappa shape index (κ1) is 62.9. The molecule has 2 fully saturated rings. The molecule has 6 atom stereocenters. The third-order valence-electron chi connectivity index (χ3n) is 12.8. The van der Waals surface area contributed by atoms with Crippen LogP contribution >= 0.6 is 0 Å². The number of aliphatic hydroxyl groups excluding tert-OH is 2. The number of aryl methyl sites for hydroxylation is 2. The van der Waals surface area contributed by atoms with Crippen LogP contribution in [0.4, 0.5) is 11.4 Å². The van der Waals surface area contributed by atoms with E-state index < -0.39 is 36.2 Å². The van der Waals surface area contributed by atoms with E-state index in [0.29, 0.717) is 51.4 Å². The van der Waals surface area contributed by atoms with Gasteiger partial charge in [-0.3, -0.25) is 29.0 Å². The predicted octanol–water partition coefficient (Wildman–Crippen LogP) is 4.31. The average molecular weight is 1010 g/mol. The van der Waals surface area contributed by atoms with Gasteiger partial charge >= 0.3 is 11.9 Å². The normalized spacial score (nSPS) is 18.9. The number of rotatable bonds is 18. The van der Waals surface area contributed by atoms with Gasteiger partial charge in [0.2, 0.25) is 23.6 Å². The summed E-state index contributed by atoms with van der Waals surface area (Å²) in [6.07, 6.45) is 0.0324. The molecule has 72 heavy (non-hydrogen) atoms. The maximum Gasteiger partial charge on any atom is 0.328 e. The first-order chi connectivity index (χ1) is 33.0. The number of aliphatic hydroxyl groups is 2. The second-order valence-electron chi connectivity index (χ2n) is 23.2. The summed E-state index contributed by atoms with van der Waals surface area (Å²) in [5.41, 5.74) is 16.1. The second kappa shape index (κ2) is 27.2. The number of hydrogen-bond donors (Lipinski definition) is 8. The van der Waals surface area contributed by atoms with Crippen LogP contribution in [0.5, 0.6) is 0 Å². The maximum atomic E-state index is 12.9. The highest BCUT2D eigenvalue weighted by Crippen LogP contribution is 2.31. The highest BCUT2D eigenvalue weighted by molar-refractivity contribution is 5.97. The number of carboxylic acid groups (broad SMARTS) is 2. The van der Waals surface area contributed by atoms with E-state index in [1.165, 1.54) is 0 Å². The number of carbonyl (C=O) groups is 6. The molecule has 2 aliphatic heterocycles. The average Bonchev–Trinajstić information content (AvgIpc) is 3.26. The minimum atomic E-state index is -1.26. The lowest BCUT2D eigenvalue weighted by atomic mass is 9.93. The van der Waals surface area contributed by atoms with Gasteiger partial charge in [0.25, 0.3) is 0 Å². The number of nitrogens with two attached hydrogens (primary N) is 2. The molecule has 0 saturated carbocycles. The zero-order valence-corrected chi connectivity index (χ0v) is 45.5. The fourth-order valence-electron chi connectivity index (χ4n) is 8.11. The van der Waals surface area contributed by atoms with Crippen molar-refractivity contribution < 1.29 is 49.2 Å². The quantitative estimate of drug-likeness (QED) is 0.0968. The van der Waals surface area contributed by atoms with Crippen LogP contribution in [0.1, 0.15) is 107 Å². The van der Waals surface area contributed by atoms with Gasteiger partial charge in [0.15, 0.2) is 0 Å². The predicted molar refractivity (Wildman–Crippen MR) is 283 cm³/mol. The van der Waals surface area contributed by atoms with Crippen molar-refractivity contribution in [1.29, 1.82) is 0 Å². The highest BCUT2D eigenvalue weighted by Gasteiger charge is 2.42. The molecule has 2 saturated heterocycles. The number of benzene rings is 2. The Balaban J connectivity index is 0.000000428. The van der Waals surface area contributed by atoms with Gasteiger partial charge in [-0.15, -0.1) is 0 Å². The number of nitrogens with one attached hydrogen (secondary N) is 2. The summed E-state index contributed by atoms with van der Waals surface area (Å²) in [5.74, 6) is -3.30. The number of aliphatic carboxylic acids is 2. The van der Waals surface area contributed by atoms with E-state index >= 15 is 0 Å². The van der Waals surface area contributed by atoms with E-state index in [1.807, 2.05) is 95.8 Å². The molecule has 0 aromatic heterocycles. The summed E-state index contributed by atoms with van der Waals surface area (Å²) in [5, 5.41) is 42.8. The van der Waals surface area contributed by atoms with Gasteiger partial charge in [0.1, 0.15) is 0 Å². The lowest BCUT2D eigenvalue weighted by Gasteiger charge is -2.48. The van der Waals surface area contributed by atoms with E-state index in [9.17, 15) is 39.0 Å². The van der Waals surface area contributed by atoms with Crippen molar-refractivity contribution in [3.63, 3.8) is 0 Å². The Kier molecular flexibility index (Phi) is 23.7. The number of anilines is 2. The van der Waals surface area contributed by atoms with Gasteiger partial charge in [-0.05, 0) is 88.5 Å². The van der Waals surface area contributed by atoms with Crippen LogP contribution < -0.4 is 31.9 Å². The molecule has 4 amide bonds. The molecular weight excluding hydrogens is 921 g/mol. The first-order valence-corrected chi connectivity index (χ1v) is 24.8. The summed E-state index contributed by atoms with van der Waals surface area (Å²) in [7, 11) is 0. The third kappa shape index (κ3) is 21.1. The summed E-state index contributed by atoms with van der Waals surface area (Å²) >= 11 is 0. The van der Waals surface area contributed by atoms with Crippen molar-refractivity contribution in [3.8, 4) is 0 Å². The number of carbonyl (C=O) groups excluding carboxylic acids is 4. The smallest absolute Gasteiger partial charge is 0.328 e. The van der Waals surface area contributed by atoms with Crippen molar-refractivity contribution >= 4 is 46.9 Å². The molecule has 10 N–H and O–H groups in total. The van der Waals surface area contributed by atoms with E-state index in [2.05, 4.69) is 79.9 Å². The highest BCUT2D eigenvalue weighted by atomic mass is 16.4. The molecule has 4 rings (SSSR count). The van der Waals surface area contributed by atoms with Crippen molar-refractivity contribution in [3.05, 3.63) is 71.8 Å². The molecule has 0 aliphatic carbocycles. The number of hydrogen-bond acceptors (Lipinski definition) is 12. The van der Waals surface area contributed by atoms with Crippen LogP contribution in [0.3, 0.4) is 0 Å². The van der Waals surface area contributed by atoms with Gasteiger partial charge in [0, 0.05) is 97.8 Å². The molecule has 2 aromatic carbocycles. The summed E-state index contributed by atoms with van der Waals surface area (Å²) in [6, 6.07) is 14.7. The van der Waals surface area contributed by atoms with Crippen LogP contribution in [-0.2, 0) is 28.8 Å². The number of nitrogens with zero attached hydrogens (tertiary/aromatic N) is 4. The number of piperazine rings is 2. The van der Waals surface area contributed by atoms with Crippen molar-refractivity contribution in [2.45, 2.75) is 145 Å². The topological polar surface area (TPSA) is 272 Å². The Labute approximate surface area is 428 Å². The molecule has 0 bridgehead atoms. The summed E-state index contributed by atoms with van der Waals surface area (Å²) in [6.45, 7) is 31.9. The van der Waals surface area contributed by atoms with Crippen LogP contribution in [0, 0.1) is 36.5 Å². The largest absolute Gasteiger partial charge is 0.478 e. The SMILES string of the molecule is Cc1ccccc1N1CC(C)(C)N(C[C@H](N)[C@@H](O)C[C@@H](C)C(=O)NCC(C)(C)C)CC1=O.Cc1ccccc1N1CC(C)(C)N(C[C@H](N)[C@@H](O)C[C@@H](C)C(=O)NCC(C)(C)C)CC1=O.O=C(O)/C=C/C(=O)O. The molecule has 0 radical (unpaired) electrons. The van der Waals surface area contributed by atoms with Crippen molar-refractivity contribution in [1.82, 2.24) is 20.4 Å². The van der Waals surface area contributed by atoms with Gasteiger partial charge in [-0.1, -0.05) is 91.8 Å². The van der Waals surface area contributed by atoms with Crippen LogP contribution in [0.25, 0.3) is 0 Å². The van der Waals surface area contributed by atoms with Gasteiger partial charge in [-0.25, -0.2) is 9.59 Å². The number of carboxylic acids is 2. The molecule has 2 heterocycles. The Morgan fingerprint density at radius 2 is 0.931 bits per heavy atom. The fraction of sp³-hybridized carbons (Fsp3) is 0.630. The minimum Gasteiger partial charge on any atom is -0.478 e. The zero-order valence-electron chi connectivity index (χ0n) is 45.5. The van der Waals surface area contributed by atoms with E-state index in [0.717, 1.165) is 22.5 Å². The molecule has 404 valence electrons. The monoisotopic (exact) mass is 1010 g/mol. The fourth-order valence-corrected chi connectivity index (χ4v) is 8.11. The zero-order chi connectivity index (χ0) is 55.1. The Morgan fingerprint density at radius 1 is 0.625 bits per heavy atom. The summed E-state index contributed by atoms with van der Waals surface area (Å²) < 4.78 is 0. The van der Waals surface area contributed by atoms with Crippen molar-refractivity contribution in [2.75, 3.05) is 62.2 Å². The Bertz CT molecular complexity index is 2020. The molecule has 0 unspecified atom stereocenters. The third-order valence-corrected chi connectivity index (χ3v) is 12.8. The number of amides is 4.